The van der Waals surface area contributed by atoms with E-state index in [9.17, 15) is 9.90 Å². The molecule has 2 heterocycles. The molecule has 32 heavy (non-hydrogen) atoms. The molecule has 1 aromatic carbocycles. The van der Waals surface area contributed by atoms with Crippen LogP contribution >= 0.6 is 0 Å². The first-order valence-corrected chi connectivity index (χ1v) is 9.61. The van der Waals surface area contributed by atoms with Gasteiger partial charge in [-0.05, 0) is 18.6 Å². The number of carboxylic acids is 1. The summed E-state index contributed by atoms with van der Waals surface area (Å²) in [4.78, 5) is 28.7. The van der Waals surface area contributed by atoms with Gasteiger partial charge < -0.3 is 21.5 Å². The third-order valence-electron chi connectivity index (χ3n) is 4.45. The second-order valence-electron chi connectivity index (χ2n) is 6.52. The largest absolute Gasteiger partial charge is 0.478 e. The number of rotatable bonds is 8. The highest BCUT2D eigenvalue weighted by Crippen LogP contribution is 2.26. The highest BCUT2D eigenvalue weighted by molar-refractivity contribution is 5.96. The van der Waals surface area contributed by atoms with Gasteiger partial charge in [-0.3, -0.25) is 0 Å². The zero-order valence-electron chi connectivity index (χ0n) is 17.1. The van der Waals surface area contributed by atoms with Crippen molar-refractivity contribution >= 4 is 23.7 Å². The molecule has 0 spiro atoms. The van der Waals surface area contributed by atoms with Crippen LogP contribution in [-0.4, -0.2) is 44.1 Å². The molecule has 0 saturated carbocycles. The first-order chi connectivity index (χ1) is 15.5. The number of aromatic carboxylic acids is 1. The molecule has 0 amide bonds. The second kappa shape index (κ2) is 9.82. The summed E-state index contributed by atoms with van der Waals surface area (Å²) < 4.78 is 0. The zero-order valence-corrected chi connectivity index (χ0v) is 17.1. The van der Waals surface area contributed by atoms with Gasteiger partial charge in [-0.2, -0.15) is 15.5 Å². The van der Waals surface area contributed by atoms with Gasteiger partial charge in [0.1, 0.15) is 23.0 Å². The Labute approximate surface area is 183 Å². The molecular weight excluding hydrogens is 410 g/mol. The Balaban J connectivity index is 1.79. The number of nitrogens with zero attached hydrogens (tertiary/aromatic N) is 6. The summed E-state index contributed by atoms with van der Waals surface area (Å²) >= 11 is 0. The van der Waals surface area contributed by atoms with Crippen LogP contribution in [0.25, 0.3) is 11.3 Å². The monoisotopic (exact) mass is 429 g/mol. The smallest absolute Gasteiger partial charge is 0.339 e. The number of nitriles is 2. The predicted octanol–water partition coefficient (Wildman–Crippen LogP) is 2.04. The quantitative estimate of drug-likeness (QED) is 0.384. The lowest BCUT2D eigenvalue weighted by molar-refractivity contribution is 0.0695. The molecule has 3 rings (SSSR count). The second-order valence-corrected chi connectivity index (χ2v) is 6.52. The Kier molecular flexibility index (Phi) is 6.73. The van der Waals surface area contributed by atoms with E-state index in [4.69, 9.17) is 16.3 Å². The van der Waals surface area contributed by atoms with Crippen molar-refractivity contribution in [1.82, 2.24) is 19.9 Å². The number of carboxylic acid groups (broad SMARTS) is 1. The van der Waals surface area contributed by atoms with Gasteiger partial charge in [-0.1, -0.05) is 19.1 Å². The van der Waals surface area contributed by atoms with Gasteiger partial charge in [0.25, 0.3) is 0 Å². The predicted molar refractivity (Wildman–Crippen MR) is 117 cm³/mol. The molecule has 5 N–H and O–H groups in total. The normalized spacial score (nSPS) is 10.1. The molecule has 0 unspecified atom stereocenters. The van der Waals surface area contributed by atoms with Crippen LogP contribution in [0.5, 0.6) is 0 Å². The molecule has 0 aliphatic carbocycles. The van der Waals surface area contributed by atoms with Crippen LogP contribution in [0.15, 0.2) is 30.5 Å². The molecule has 11 heteroatoms. The molecule has 160 valence electrons. The highest BCUT2D eigenvalue weighted by atomic mass is 16.4. The molecule has 0 atom stereocenters. The molecule has 0 fully saturated rings. The number of benzene rings is 1. The third kappa shape index (κ3) is 4.86. The van der Waals surface area contributed by atoms with E-state index in [0.717, 1.165) is 0 Å². The van der Waals surface area contributed by atoms with Gasteiger partial charge in [-0.25, -0.2) is 19.7 Å². The minimum atomic E-state index is -1.12. The van der Waals surface area contributed by atoms with Crippen molar-refractivity contribution in [3.63, 3.8) is 0 Å². The van der Waals surface area contributed by atoms with E-state index < -0.39 is 5.97 Å². The number of aryl methyl sites for hydroxylation is 1. The molecule has 3 aromatic rings. The number of nitrogens with one attached hydrogen (secondary N) is 2. The molecule has 0 radical (unpaired) electrons. The van der Waals surface area contributed by atoms with Crippen LogP contribution in [0.4, 0.5) is 17.7 Å². The third-order valence-corrected chi connectivity index (χ3v) is 4.45. The van der Waals surface area contributed by atoms with E-state index in [0.29, 0.717) is 36.3 Å². The fourth-order valence-corrected chi connectivity index (χ4v) is 2.89. The average Bonchev–Trinajstić information content (AvgIpc) is 2.81. The summed E-state index contributed by atoms with van der Waals surface area (Å²) in [5.74, 6) is -0.485. The Hall–Kier alpha value is -4.77. The van der Waals surface area contributed by atoms with Crippen molar-refractivity contribution in [2.24, 2.45) is 0 Å². The Morgan fingerprint density at radius 3 is 2.31 bits per heavy atom. The maximum absolute atomic E-state index is 11.9. The molecule has 0 saturated heterocycles. The Morgan fingerprint density at radius 2 is 1.75 bits per heavy atom. The van der Waals surface area contributed by atoms with Crippen LogP contribution in [0.3, 0.4) is 0 Å². The lowest BCUT2D eigenvalue weighted by Crippen LogP contribution is -2.18. The average molecular weight is 429 g/mol. The van der Waals surface area contributed by atoms with Gasteiger partial charge in [0, 0.05) is 18.7 Å². The summed E-state index contributed by atoms with van der Waals surface area (Å²) in [7, 11) is 0. The van der Waals surface area contributed by atoms with E-state index in [-0.39, 0.29) is 34.5 Å². The molecule has 2 aromatic heterocycles. The molecule has 0 aliphatic heterocycles. The standard InChI is InChI=1S/C21H19N9O2/c1-2-15-16(19(31)32)17(13-5-3-12(9-22)4-6-13)29-21(28-15)26-8-7-25-20-27-11-14(10-23)18(24)30-20/h3-6,11H,2,7-8H2,1H3,(H,31,32)(H,26,28,29)(H3,24,25,27,30). The number of anilines is 3. The highest BCUT2D eigenvalue weighted by Gasteiger charge is 2.20. The van der Waals surface area contributed by atoms with E-state index >= 15 is 0 Å². The van der Waals surface area contributed by atoms with Crippen molar-refractivity contribution < 1.29 is 9.90 Å². The van der Waals surface area contributed by atoms with Crippen molar-refractivity contribution in [1.29, 1.82) is 10.5 Å². The number of hydrogen-bond donors (Lipinski definition) is 4. The summed E-state index contributed by atoms with van der Waals surface area (Å²) in [6, 6.07) is 10.5. The van der Waals surface area contributed by atoms with Crippen molar-refractivity contribution in [2.45, 2.75) is 13.3 Å². The molecular formula is C21H19N9O2. The van der Waals surface area contributed by atoms with E-state index in [1.165, 1.54) is 6.20 Å². The molecule has 0 bridgehead atoms. The minimum absolute atomic E-state index is 0.0299. The maximum Gasteiger partial charge on any atom is 0.339 e. The van der Waals surface area contributed by atoms with Gasteiger partial charge in [0.2, 0.25) is 11.9 Å². The summed E-state index contributed by atoms with van der Waals surface area (Å²) in [5, 5.41) is 33.6. The number of carbonyl (C=O) groups is 1. The molecule has 11 nitrogen and oxygen atoms in total. The van der Waals surface area contributed by atoms with Crippen molar-refractivity contribution in [2.75, 3.05) is 29.5 Å². The summed E-state index contributed by atoms with van der Waals surface area (Å²) in [6.45, 7) is 2.59. The van der Waals surface area contributed by atoms with Crippen LogP contribution in [0.1, 0.15) is 34.1 Å². The van der Waals surface area contributed by atoms with Crippen LogP contribution < -0.4 is 16.4 Å². The fraction of sp³-hybridized carbons (Fsp3) is 0.190. The number of hydrogen-bond acceptors (Lipinski definition) is 10. The first-order valence-electron chi connectivity index (χ1n) is 9.61. The van der Waals surface area contributed by atoms with E-state index in [2.05, 4.69) is 30.6 Å². The van der Waals surface area contributed by atoms with Crippen LogP contribution in [0.2, 0.25) is 0 Å². The molecule has 0 aliphatic rings. The number of nitrogens with two attached hydrogens (primary N) is 1. The van der Waals surface area contributed by atoms with Crippen molar-refractivity contribution in [3.05, 3.63) is 52.8 Å². The maximum atomic E-state index is 11.9. The lowest BCUT2D eigenvalue weighted by atomic mass is 10.0. The van der Waals surface area contributed by atoms with E-state index in [1.54, 1.807) is 24.3 Å². The summed E-state index contributed by atoms with van der Waals surface area (Å²) in [5.41, 5.74) is 7.60. The van der Waals surface area contributed by atoms with Gasteiger partial charge in [0.15, 0.2) is 0 Å². The van der Waals surface area contributed by atoms with Gasteiger partial charge >= 0.3 is 5.97 Å². The van der Waals surface area contributed by atoms with Gasteiger partial charge in [0.05, 0.1) is 29.2 Å². The summed E-state index contributed by atoms with van der Waals surface area (Å²) in [6.07, 6.45) is 1.74. The van der Waals surface area contributed by atoms with E-state index in [1.807, 2.05) is 19.1 Å². The minimum Gasteiger partial charge on any atom is -0.478 e. The lowest BCUT2D eigenvalue weighted by Gasteiger charge is -2.13. The van der Waals surface area contributed by atoms with Crippen molar-refractivity contribution in [3.8, 4) is 23.4 Å². The SMILES string of the molecule is CCc1nc(NCCNc2ncc(C#N)c(N)n2)nc(-c2ccc(C#N)cc2)c1C(=O)O. The first kappa shape index (κ1) is 21.9. The Morgan fingerprint density at radius 1 is 1.06 bits per heavy atom. The fourth-order valence-electron chi connectivity index (χ4n) is 2.89. The number of nitrogen functional groups attached to an aromatic ring is 1. The van der Waals surface area contributed by atoms with Crippen LogP contribution in [0, 0.1) is 22.7 Å². The zero-order chi connectivity index (χ0) is 23.1. The Bertz CT molecular complexity index is 1230. The number of aromatic nitrogens is 4. The van der Waals surface area contributed by atoms with Crippen LogP contribution in [-0.2, 0) is 6.42 Å². The van der Waals surface area contributed by atoms with Gasteiger partial charge in [-0.15, -0.1) is 0 Å². The topological polar surface area (TPSA) is 187 Å².